The predicted octanol–water partition coefficient (Wildman–Crippen LogP) is 2.68. The van der Waals surface area contributed by atoms with Gasteiger partial charge in [-0.15, -0.1) is 0 Å². The molecule has 1 amide bonds. The Bertz CT molecular complexity index is 732. The molecule has 6 heteroatoms. The normalized spacial score (nSPS) is 22.0. The van der Waals surface area contributed by atoms with Crippen LogP contribution in [0.15, 0.2) is 18.6 Å². The average molecular weight is 329 g/mol. The van der Waals surface area contributed by atoms with Crippen molar-refractivity contribution < 1.29 is 4.79 Å². The van der Waals surface area contributed by atoms with Gasteiger partial charge in [0, 0.05) is 31.7 Å². The van der Waals surface area contributed by atoms with Crippen molar-refractivity contribution in [3.63, 3.8) is 0 Å². The molecule has 0 saturated carbocycles. The Kier molecular flexibility index (Phi) is 4.24. The Labute approximate surface area is 143 Å². The molecule has 0 unspecified atom stereocenters. The molecular weight excluding hydrogens is 302 g/mol. The van der Waals surface area contributed by atoms with Gasteiger partial charge < -0.3 is 14.8 Å². The molecule has 2 aromatic rings. The molecule has 24 heavy (non-hydrogen) atoms. The molecule has 0 aliphatic carbocycles. The van der Waals surface area contributed by atoms with E-state index >= 15 is 0 Å². The Balaban J connectivity index is 1.86. The van der Waals surface area contributed by atoms with Gasteiger partial charge in [-0.2, -0.15) is 0 Å². The number of likely N-dealkylation sites (N-methyl/N-ethyl adjacent to an activating group) is 1. The largest absolute Gasteiger partial charge is 0.354 e. The standard InChI is InChI=1S/C18H27N5O/c1-12-7-9-23(17(24)18(2,3)4)10-14(12)22(5)16-13-6-8-19-15(13)20-11-21-16/h6,8,11-12,14H,7,9-10H2,1-5H3,(H,19,20,21)/t12-,14+/m1/s1. The van der Waals surface area contributed by atoms with Gasteiger partial charge in [0.1, 0.15) is 17.8 Å². The van der Waals surface area contributed by atoms with Crippen LogP contribution in [0.25, 0.3) is 11.0 Å². The van der Waals surface area contributed by atoms with E-state index < -0.39 is 0 Å². The molecule has 1 fully saturated rings. The van der Waals surface area contributed by atoms with E-state index in [0.717, 1.165) is 36.4 Å². The summed E-state index contributed by atoms with van der Waals surface area (Å²) in [5, 5.41) is 1.02. The highest BCUT2D eigenvalue weighted by Crippen LogP contribution is 2.30. The van der Waals surface area contributed by atoms with E-state index in [0.29, 0.717) is 5.92 Å². The van der Waals surface area contributed by atoms with Crippen molar-refractivity contribution >= 4 is 22.8 Å². The second-order valence-electron chi connectivity index (χ2n) is 7.88. The first-order valence-corrected chi connectivity index (χ1v) is 8.59. The number of likely N-dealkylation sites (tertiary alicyclic amines) is 1. The minimum absolute atomic E-state index is 0.224. The number of rotatable bonds is 2. The van der Waals surface area contributed by atoms with E-state index in [4.69, 9.17) is 0 Å². The minimum Gasteiger partial charge on any atom is -0.354 e. The predicted molar refractivity (Wildman–Crippen MR) is 95.9 cm³/mol. The number of fused-ring (bicyclic) bond motifs is 1. The van der Waals surface area contributed by atoms with Crippen molar-refractivity contribution in [1.29, 1.82) is 0 Å². The summed E-state index contributed by atoms with van der Waals surface area (Å²) >= 11 is 0. The van der Waals surface area contributed by atoms with Gasteiger partial charge in [-0.1, -0.05) is 27.7 Å². The van der Waals surface area contributed by atoms with Crippen molar-refractivity contribution in [3.8, 4) is 0 Å². The van der Waals surface area contributed by atoms with Crippen LogP contribution in [0.4, 0.5) is 5.82 Å². The maximum atomic E-state index is 12.7. The molecule has 0 radical (unpaired) electrons. The van der Waals surface area contributed by atoms with Gasteiger partial charge in [0.2, 0.25) is 5.91 Å². The fraction of sp³-hybridized carbons (Fsp3) is 0.611. The summed E-state index contributed by atoms with van der Waals surface area (Å²) in [4.78, 5) is 28.8. The number of hydrogen-bond acceptors (Lipinski definition) is 4. The number of aromatic nitrogens is 3. The van der Waals surface area contributed by atoms with Gasteiger partial charge in [0.25, 0.3) is 0 Å². The van der Waals surface area contributed by atoms with Crippen molar-refractivity contribution in [3.05, 3.63) is 18.6 Å². The second kappa shape index (κ2) is 6.07. The molecule has 130 valence electrons. The molecule has 2 aromatic heterocycles. The van der Waals surface area contributed by atoms with Crippen molar-refractivity contribution in [1.82, 2.24) is 19.9 Å². The number of carbonyl (C=O) groups is 1. The van der Waals surface area contributed by atoms with Crippen LogP contribution < -0.4 is 4.90 Å². The van der Waals surface area contributed by atoms with Crippen LogP contribution in [0.1, 0.15) is 34.1 Å². The zero-order valence-electron chi connectivity index (χ0n) is 15.2. The zero-order chi connectivity index (χ0) is 17.5. The van der Waals surface area contributed by atoms with Crippen LogP contribution in [0, 0.1) is 11.3 Å². The van der Waals surface area contributed by atoms with E-state index in [-0.39, 0.29) is 17.4 Å². The Morgan fingerprint density at radius 1 is 1.38 bits per heavy atom. The van der Waals surface area contributed by atoms with Gasteiger partial charge in [0.05, 0.1) is 11.4 Å². The maximum absolute atomic E-state index is 12.7. The highest BCUT2D eigenvalue weighted by molar-refractivity contribution is 5.87. The van der Waals surface area contributed by atoms with Crippen LogP contribution in [-0.2, 0) is 4.79 Å². The van der Waals surface area contributed by atoms with E-state index in [1.54, 1.807) is 6.33 Å². The van der Waals surface area contributed by atoms with Gasteiger partial charge in [0.15, 0.2) is 0 Å². The van der Waals surface area contributed by atoms with Crippen molar-refractivity contribution in [2.75, 3.05) is 25.0 Å². The summed E-state index contributed by atoms with van der Waals surface area (Å²) in [6, 6.07) is 2.25. The molecule has 1 N–H and O–H groups in total. The number of piperidine rings is 1. The lowest BCUT2D eigenvalue weighted by Crippen LogP contribution is -2.54. The smallest absolute Gasteiger partial charge is 0.228 e. The molecule has 3 heterocycles. The molecule has 2 atom stereocenters. The highest BCUT2D eigenvalue weighted by atomic mass is 16.2. The number of aromatic amines is 1. The Morgan fingerprint density at radius 2 is 2.12 bits per heavy atom. The number of H-pyrrole nitrogens is 1. The molecule has 0 aromatic carbocycles. The topological polar surface area (TPSA) is 65.1 Å². The van der Waals surface area contributed by atoms with E-state index in [1.165, 1.54) is 0 Å². The number of carbonyl (C=O) groups excluding carboxylic acids is 1. The molecule has 0 spiro atoms. The summed E-state index contributed by atoms with van der Waals surface area (Å²) < 4.78 is 0. The fourth-order valence-corrected chi connectivity index (χ4v) is 3.51. The Hall–Kier alpha value is -2.11. The van der Waals surface area contributed by atoms with Gasteiger partial charge in [-0.3, -0.25) is 4.79 Å². The summed E-state index contributed by atoms with van der Waals surface area (Å²) in [6.45, 7) is 9.80. The van der Waals surface area contributed by atoms with Gasteiger partial charge in [-0.25, -0.2) is 9.97 Å². The quantitative estimate of drug-likeness (QED) is 0.920. The number of nitrogens with one attached hydrogen (secondary N) is 1. The molecule has 6 nitrogen and oxygen atoms in total. The van der Waals surface area contributed by atoms with Crippen LogP contribution in [0.3, 0.4) is 0 Å². The van der Waals surface area contributed by atoms with Crippen molar-refractivity contribution in [2.45, 2.75) is 40.2 Å². The van der Waals surface area contributed by atoms with E-state index in [9.17, 15) is 4.79 Å². The third-order valence-corrected chi connectivity index (χ3v) is 5.01. The first-order chi connectivity index (χ1) is 11.3. The SMILES string of the molecule is C[C@@H]1CCN(C(=O)C(C)(C)C)C[C@@H]1N(C)c1ncnc2[nH]ccc12. The molecule has 1 aliphatic rings. The summed E-state index contributed by atoms with van der Waals surface area (Å²) in [6.07, 6.45) is 4.49. The number of hydrogen-bond donors (Lipinski definition) is 1. The van der Waals surface area contributed by atoms with Crippen LogP contribution in [0.5, 0.6) is 0 Å². The van der Waals surface area contributed by atoms with E-state index in [1.807, 2.05) is 37.9 Å². The lowest BCUT2D eigenvalue weighted by Gasteiger charge is -2.43. The monoisotopic (exact) mass is 329 g/mol. The third kappa shape index (κ3) is 2.97. The maximum Gasteiger partial charge on any atom is 0.228 e. The van der Waals surface area contributed by atoms with Gasteiger partial charge >= 0.3 is 0 Å². The number of amides is 1. The number of nitrogens with zero attached hydrogens (tertiary/aromatic N) is 4. The van der Waals surface area contributed by atoms with E-state index in [2.05, 4.69) is 33.8 Å². The Morgan fingerprint density at radius 3 is 2.83 bits per heavy atom. The van der Waals surface area contributed by atoms with Crippen LogP contribution in [0.2, 0.25) is 0 Å². The molecule has 0 bridgehead atoms. The molecular formula is C18H27N5O. The third-order valence-electron chi connectivity index (χ3n) is 5.01. The van der Waals surface area contributed by atoms with Crippen LogP contribution >= 0.6 is 0 Å². The van der Waals surface area contributed by atoms with Gasteiger partial charge in [-0.05, 0) is 18.4 Å². The fourth-order valence-electron chi connectivity index (χ4n) is 3.51. The second-order valence-corrected chi connectivity index (χ2v) is 7.88. The lowest BCUT2D eigenvalue weighted by molar-refractivity contribution is -0.141. The lowest BCUT2D eigenvalue weighted by atomic mass is 9.88. The first kappa shape index (κ1) is 16.7. The summed E-state index contributed by atoms with van der Waals surface area (Å²) in [7, 11) is 2.07. The molecule has 3 rings (SSSR count). The van der Waals surface area contributed by atoms with Crippen LogP contribution in [-0.4, -0.2) is 51.9 Å². The first-order valence-electron chi connectivity index (χ1n) is 8.59. The minimum atomic E-state index is -0.341. The summed E-state index contributed by atoms with van der Waals surface area (Å²) in [5.74, 6) is 1.65. The van der Waals surface area contributed by atoms with Crippen molar-refractivity contribution in [2.24, 2.45) is 11.3 Å². The number of anilines is 1. The highest BCUT2D eigenvalue weighted by Gasteiger charge is 2.36. The zero-order valence-corrected chi connectivity index (χ0v) is 15.2. The molecule has 1 aliphatic heterocycles. The average Bonchev–Trinajstić information content (AvgIpc) is 3.01. The summed E-state index contributed by atoms with van der Waals surface area (Å²) in [5.41, 5.74) is 0.505. The molecule has 1 saturated heterocycles.